The summed E-state index contributed by atoms with van der Waals surface area (Å²) >= 11 is 0. The van der Waals surface area contributed by atoms with E-state index in [-0.39, 0.29) is 18.7 Å². The van der Waals surface area contributed by atoms with Crippen LogP contribution in [0.3, 0.4) is 0 Å². The first kappa shape index (κ1) is 13.1. The van der Waals surface area contributed by atoms with Crippen LogP contribution in [0.1, 0.15) is 42.4 Å². The molecule has 0 saturated carbocycles. The molecule has 0 fully saturated rings. The Bertz CT molecular complexity index is 340. The maximum atomic E-state index is 9.04. The third kappa shape index (κ3) is 3.03. The number of hydrogen-bond acceptors (Lipinski definition) is 3. The molecule has 0 saturated heterocycles. The normalized spacial score (nSPS) is 14.9. The van der Waals surface area contributed by atoms with Gasteiger partial charge in [0, 0.05) is 23.5 Å². The minimum absolute atomic E-state index is 0.107. The molecule has 0 radical (unpaired) electrons. The van der Waals surface area contributed by atoms with E-state index < -0.39 is 0 Å². The number of rotatable bonds is 4. The van der Waals surface area contributed by atoms with Gasteiger partial charge in [0.25, 0.3) is 0 Å². The topological polar surface area (TPSA) is 45.1 Å². The van der Waals surface area contributed by atoms with Gasteiger partial charge in [0.1, 0.15) is 0 Å². The highest BCUT2D eigenvalue weighted by Gasteiger charge is 2.14. The van der Waals surface area contributed by atoms with Gasteiger partial charge in [-0.1, -0.05) is 0 Å². The molecule has 0 aromatic carbocycles. The summed E-state index contributed by atoms with van der Waals surface area (Å²) in [6.07, 6.45) is 0. The Kier molecular flexibility index (Phi) is 4.44. The Morgan fingerprint density at radius 3 is 2.44 bits per heavy atom. The lowest BCUT2D eigenvalue weighted by molar-refractivity contribution is 0.243. The maximum absolute atomic E-state index is 9.04. The molecule has 1 aromatic rings. The van der Waals surface area contributed by atoms with E-state index in [9.17, 15) is 0 Å². The summed E-state index contributed by atoms with van der Waals surface area (Å²) in [5.74, 6) is 0. The minimum atomic E-state index is 0.107. The Balaban J connectivity index is 2.95. The van der Waals surface area contributed by atoms with E-state index in [4.69, 9.17) is 5.11 Å². The van der Waals surface area contributed by atoms with Crippen LogP contribution in [-0.4, -0.2) is 22.7 Å². The largest absolute Gasteiger partial charge is 0.395 e. The molecule has 0 aliphatic carbocycles. The summed E-state index contributed by atoms with van der Waals surface area (Å²) in [6, 6.07) is 2.43. The molecule has 1 aromatic heterocycles. The molecular weight excluding hydrogens is 200 g/mol. The lowest BCUT2D eigenvalue weighted by atomic mass is 10.00. The molecule has 2 atom stereocenters. The van der Waals surface area contributed by atoms with E-state index >= 15 is 0 Å². The van der Waals surface area contributed by atoms with Crippen molar-refractivity contribution in [1.82, 2.24) is 10.3 Å². The van der Waals surface area contributed by atoms with Crippen LogP contribution in [0.15, 0.2) is 6.07 Å². The molecule has 0 amide bonds. The lowest BCUT2D eigenvalue weighted by Gasteiger charge is -2.22. The monoisotopic (exact) mass is 222 g/mol. The highest BCUT2D eigenvalue weighted by Crippen LogP contribution is 2.21. The molecule has 1 unspecified atom stereocenters. The van der Waals surface area contributed by atoms with Crippen LogP contribution < -0.4 is 5.32 Å². The van der Waals surface area contributed by atoms with Crippen LogP contribution in [0.2, 0.25) is 0 Å². The minimum Gasteiger partial charge on any atom is -0.395 e. The highest BCUT2D eigenvalue weighted by atomic mass is 16.3. The van der Waals surface area contributed by atoms with E-state index in [0.29, 0.717) is 0 Å². The first-order chi connectivity index (χ1) is 7.45. The quantitative estimate of drug-likeness (QED) is 0.819. The number of aromatic nitrogens is 1. The molecule has 1 heterocycles. The van der Waals surface area contributed by atoms with Gasteiger partial charge in [-0.05, 0) is 51.8 Å². The first-order valence-corrected chi connectivity index (χ1v) is 5.77. The van der Waals surface area contributed by atoms with Crippen molar-refractivity contribution < 1.29 is 5.11 Å². The van der Waals surface area contributed by atoms with Crippen LogP contribution in [0.25, 0.3) is 0 Å². The first-order valence-electron chi connectivity index (χ1n) is 5.77. The molecule has 1 rings (SSSR count). The number of nitrogens with zero attached hydrogens (tertiary/aromatic N) is 1. The summed E-state index contributed by atoms with van der Waals surface area (Å²) in [5.41, 5.74) is 4.63. The number of aryl methyl sites for hydroxylation is 3. The molecule has 3 heteroatoms. The third-order valence-corrected chi connectivity index (χ3v) is 2.83. The van der Waals surface area contributed by atoms with Crippen LogP contribution in [0, 0.1) is 20.8 Å². The SMILES string of the molecule is Cc1cc(C)c(C(C)N[C@H](C)CO)c(C)n1. The van der Waals surface area contributed by atoms with Crippen LogP contribution in [-0.2, 0) is 0 Å². The molecule has 16 heavy (non-hydrogen) atoms. The zero-order chi connectivity index (χ0) is 12.3. The lowest BCUT2D eigenvalue weighted by Crippen LogP contribution is -2.32. The molecule has 3 nitrogen and oxygen atoms in total. The molecular formula is C13H22N2O. The molecule has 0 bridgehead atoms. The van der Waals surface area contributed by atoms with Crippen molar-refractivity contribution in [2.45, 2.75) is 46.7 Å². The average Bonchev–Trinajstić information content (AvgIpc) is 2.15. The van der Waals surface area contributed by atoms with E-state index in [2.05, 4.69) is 30.2 Å². The Hall–Kier alpha value is -0.930. The summed E-state index contributed by atoms with van der Waals surface area (Å²) in [5, 5.41) is 12.4. The maximum Gasteiger partial charge on any atom is 0.0582 e. The second-order valence-electron chi connectivity index (χ2n) is 4.55. The standard InChI is InChI=1S/C13H22N2O/c1-8-6-9(2)14-11(4)13(8)12(5)15-10(3)7-16/h6,10,12,15-16H,7H2,1-5H3/t10-,12?/m1/s1. The summed E-state index contributed by atoms with van der Waals surface area (Å²) < 4.78 is 0. The van der Waals surface area contributed by atoms with E-state index in [0.717, 1.165) is 11.4 Å². The van der Waals surface area contributed by atoms with Gasteiger partial charge in [0.15, 0.2) is 0 Å². The number of aliphatic hydroxyl groups excluding tert-OH is 1. The van der Waals surface area contributed by atoms with Gasteiger partial charge < -0.3 is 10.4 Å². The van der Waals surface area contributed by atoms with Crippen LogP contribution in [0.4, 0.5) is 0 Å². The highest BCUT2D eigenvalue weighted by molar-refractivity contribution is 5.33. The second-order valence-corrected chi connectivity index (χ2v) is 4.55. The predicted molar refractivity (Wildman–Crippen MR) is 66.5 cm³/mol. The molecule has 2 N–H and O–H groups in total. The second kappa shape index (κ2) is 5.41. The zero-order valence-electron chi connectivity index (χ0n) is 10.8. The van der Waals surface area contributed by atoms with Gasteiger partial charge in [0.05, 0.1) is 6.61 Å². The van der Waals surface area contributed by atoms with Crippen LogP contribution >= 0.6 is 0 Å². The molecule has 0 aliphatic heterocycles. The van der Waals surface area contributed by atoms with Crippen molar-refractivity contribution in [3.05, 3.63) is 28.6 Å². The molecule has 0 aliphatic rings. The molecule has 90 valence electrons. The Morgan fingerprint density at radius 2 is 1.94 bits per heavy atom. The van der Waals surface area contributed by atoms with Gasteiger partial charge in [0.2, 0.25) is 0 Å². The van der Waals surface area contributed by atoms with Crippen molar-refractivity contribution >= 4 is 0 Å². The van der Waals surface area contributed by atoms with Gasteiger partial charge in [-0.15, -0.1) is 0 Å². The zero-order valence-corrected chi connectivity index (χ0v) is 10.8. The summed E-state index contributed by atoms with van der Waals surface area (Å²) in [6.45, 7) is 10.4. The van der Waals surface area contributed by atoms with Gasteiger partial charge in [-0.25, -0.2) is 0 Å². The van der Waals surface area contributed by atoms with E-state index in [1.54, 1.807) is 0 Å². The van der Waals surface area contributed by atoms with Gasteiger partial charge in [-0.2, -0.15) is 0 Å². The van der Waals surface area contributed by atoms with E-state index in [1.807, 2.05) is 20.8 Å². The van der Waals surface area contributed by atoms with Gasteiger partial charge >= 0.3 is 0 Å². The van der Waals surface area contributed by atoms with Crippen LogP contribution in [0.5, 0.6) is 0 Å². The average molecular weight is 222 g/mol. The fraction of sp³-hybridized carbons (Fsp3) is 0.615. The number of pyridine rings is 1. The summed E-state index contributed by atoms with van der Waals surface area (Å²) in [7, 11) is 0. The number of nitrogens with one attached hydrogen (secondary N) is 1. The third-order valence-electron chi connectivity index (χ3n) is 2.83. The predicted octanol–water partition coefficient (Wildman–Crippen LogP) is 2.04. The fourth-order valence-electron chi connectivity index (χ4n) is 2.25. The van der Waals surface area contributed by atoms with Crippen molar-refractivity contribution in [2.24, 2.45) is 0 Å². The van der Waals surface area contributed by atoms with Crippen molar-refractivity contribution in [3.8, 4) is 0 Å². The number of hydrogen-bond donors (Lipinski definition) is 2. The van der Waals surface area contributed by atoms with Crippen molar-refractivity contribution in [1.29, 1.82) is 0 Å². The van der Waals surface area contributed by atoms with E-state index in [1.165, 1.54) is 11.1 Å². The fourth-order valence-corrected chi connectivity index (χ4v) is 2.25. The molecule has 0 spiro atoms. The smallest absolute Gasteiger partial charge is 0.0582 e. The summed E-state index contributed by atoms with van der Waals surface area (Å²) in [4.78, 5) is 4.49. The number of aliphatic hydroxyl groups is 1. The Morgan fingerprint density at radius 1 is 1.31 bits per heavy atom. The van der Waals surface area contributed by atoms with Gasteiger partial charge in [-0.3, -0.25) is 4.98 Å². The Labute approximate surface area is 97.9 Å². The van der Waals surface area contributed by atoms with Crippen molar-refractivity contribution in [3.63, 3.8) is 0 Å². The van der Waals surface area contributed by atoms with Crippen molar-refractivity contribution in [2.75, 3.05) is 6.61 Å².